The molecule has 208 valence electrons. The Kier molecular flexibility index (Phi) is 9.38. The third-order valence-electron chi connectivity index (χ3n) is 9.42. The van der Waals surface area contributed by atoms with Crippen molar-refractivity contribution in [3.05, 3.63) is 96.4 Å². The van der Waals surface area contributed by atoms with Gasteiger partial charge < -0.3 is 0 Å². The van der Waals surface area contributed by atoms with E-state index in [0.29, 0.717) is 9.54 Å². The van der Waals surface area contributed by atoms with Gasteiger partial charge in [0.15, 0.2) is 0 Å². The molecule has 0 saturated heterocycles. The summed E-state index contributed by atoms with van der Waals surface area (Å²) in [6, 6.07) is 16.7. The van der Waals surface area contributed by atoms with E-state index in [1.165, 1.54) is 33.4 Å². The molecule has 38 heavy (non-hydrogen) atoms. The first-order valence-electron chi connectivity index (χ1n) is 13.8. The average molecular weight is 649 g/mol. The van der Waals surface area contributed by atoms with Crippen LogP contribution in [0.3, 0.4) is 0 Å². The Morgan fingerprint density at radius 2 is 1.26 bits per heavy atom. The Hall–Kier alpha value is -0.660. The SMILES string of the molecule is CC1=C(C)C(C)[C]([Zr]([CH3])([CH3])(=[SiH2])[CH]2C=C(c3cc(C(C)(C)C)cc(C(C)(C)C)c3)c3ccccc32)=C1C.Cl.Cl. The molecule has 4 rings (SSSR count). The van der Waals surface area contributed by atoms with Crippen LogP contribution in [0, 0.1) is 5.92 Å². The van der Waals surface area contributed by atoms with Gasteiger partial charge in [0.25, 0.3) is 0 Å². The molecule has 2 aromatic carbocycles. The Bertz CT molecular complexity index is 1380. The fourth-order valence-electron chi connectivity index (χ4n) is 6.88. The van der Waals surface area contributed by atoms with Gasteiger partial charge in [-0.05, 0) is 0 Å². The van der Waals surface area contributed by atoms with Crippen LogP contribution < -0.4 is 0 Å². The molecule has 2 aliphatic rings. The minimum atomic E-state index is -3.42. The molecule has 2 aliphatic carbocycles. The third kappa shape index (κ3) is 5.59. The van der Waals surface area contributed by atoms with Crippen molar-refractivity contribution in [3.63, 3.8) is 0 Å². The van der Waals surface area contributed by atoms with Crippen LogP contribution in [-0.2, 0) is 28.2 Å². The summed E-state index contributed by atoms with van der Waals surface area (Å²) in [6.07, 6.45) is 2.70. The predicted octanol–water partition coefficient (Wildman–Crippen LogP) is 10.2. The Balaban J connectivity index is 0.00000253. The van der Waals surface area contributed by atoms with Gasteiger partial charge in [0.1, 0.15) is 0 Å². The second-order valence-corrected chi connectivity index (χ2v) is 44.4. The Morgan fingerprint density at radius 1 is 0.763 bits per heavy atom. The zero-order chi connectivity index (χ0) is 27.0. The molecule has 2 unspecified atom stereocenters. The topological polar surface area (TPSA) is 0 Å². The van der Waals surface area contributed by atoms with Crippen molar-refractivity contribution in [2.24, 2.45) is 5.92 Å². The molecule has 0 fully saturated rings. The zero-order valence-electron chi connectivity index (χ0n) is 25.8. The number of hydrogen-bond donors (Lipinski definition) is 0. The van der Waals surface area contributed by atoms with E-state index >= 15 is 0 Å². The van der Waals surface area contributed by atoms with Crippen LogP contribution in [-0.4, -0.2) is 6.88 Å². The van der Waals surface area contributed by atoms with Crippen molar-refractivity contribution in [1.29, 1.82) is 0 Å². The zero-order valence-corrected chi connectivity index (χ0v) is 31.3. The minimum absolute atomic E-state index is 0. The summed E-state index contributed by atoms with van der Waals surface area (Å²) < 4.78 is 7.78. The third-order valence-corrected chi connectivity index (χ3v) is 26.7. The van der Waals surface area contributed by atoms with Gasteiger partial charge in [0.05, 0.1) is 0 Å². The van der Waals surface area contributed by atoms with Crippen LogP contribution in [0.1, 0.15) is 101 Å². The van der Waals surface area contributed by atoms with Crippen molar-refractivity contribution < 1.29 is 17.4 Å². The van der Waals surface area contributed by atoms with Crippen molar-refractivity contribution in [3.8, 4) is 0 Å². The van der Waals surface area contributed by atoms with E-state index in [1.807, 2.05) is 3.28 Å². The second-order valence-electron chi connectivity index (χ2n) is 14.8. The Morgan fingerprint density at radius 3 is 1.71 bits per heavy atom. The molecule has 0 aromatic heterocycles. The quantitative estimate of drug-likeness (QED) is 0.291. The molecule has 0 heterocycles. The molecule has 0 nitrogen and oxygen atoms in total. The number of halogens is 2. The van der Waals surface area contributed by atoms with E-state index in [-0.39, 0.29) is 35.6 Å². The standard InChI is InChI=1S/C23H27.C9H13.2CH3.2ClH.H2Si.Zr/c1-22(2,3)18-13-17(14-19(15-18)23(4,5)6)21-12-11-16-9-7-8-10-20(16)21;1-6-5-7(2)9(4)8(6)3;;;;;;/h7-15H,1-6H3;6H,1-4H3;2*1H3;2*1H;1H2;. The minimum Gasteiger partial charge on any atom is -0.147 e. The maximum Gasteiger partial charge on any atom is -0.147 e. The fraction of sp³-hybridized carbons (Fsp3) is 0.471. The van der Waals surface area contributed by atoms with E-state index < -0.39 is 17.4 Å². The van der Waals surface area contributed by atoms with Crippen LogP contribution >= 0.6 is 24.8 Å². The molecule has 0 N–H and O–H groups in total. The van der Waals surface area contributed by atoms with Crippen molar-refractivity contribution in [1.82, 2.24) is 0 Å². The van der Waals surface area contributed by atoms with Gasteiger partial charge in [-0.15, -0.1) is 24.8 Å². The van der Waals surface area contributed by atoms with Crippen LogP contribution in [0.25, 0.3) is 5.57 Å². The molecule has 0 saturated carbocycles. The van der Waals surface area contributed by atoms with E-state index in [0.717, 1.165) is 0 Å². The smallest absolute Gasteiger partial charge is 0.147 e. The van der Waals surface area contributed by atoms with Crippen LogP contribution in [0.2, 0.25) is 9.26 Å². The summed E-state index contributed by atoms with van der Waals surface area (Å²) in [5, 5.41) is 0. The van der Waals surface area contributed by atoms with Crippen LogP contribution in [0.5, 0.6) is 0 Å². The first-order valence-corrected chi connectivity index (χ1v) is 27.3. The monoisotopic (exact) mass is 646 g/mol. The van der Waals surface area contributed by atoms with E-state index in [2.05, 4.69) is 134 Å². The van der Waals surface area contributed by atoms with Gasteiger partial charge in [0, 0.05) is 0 Å². The molecule has 0 radical (unpaired) electrons. The number of rotatable bonds is 3. The van der Waals surface area contributed by atoms with Gasteiger partial charge in [-0.25, -0.2) is 0 Å². The molecule has 0 aliphatic heterocycles. The molecular formula is C34H50Cl2SiZr. The first-order chi connectivity index (χ1) is 16.3. The van der Waals surface area contributed by atoms with Crippen molar-refractivity contribution >= 4 is 37.3 Å². The maximum absolute atomic E-state index is 3.42. The molecule has 0 amide bonds. The van der Waals surface area contributed by atoms with E-state index in [1.54, 1.807) is 16.7 Å². The summed E-state index contributed by atoms with van der Waals surface area (Å²) in [5.41, 5.74) is 13.7. The van der Waals surface area contributed by atoms with E-state index in [4.69, 9.17) is 0 Å². The predicted molar refractivity (Wildman–Crippen MR) is 175 cm³/mol. The summed E-state index contributed by atoms with van der Waals surface area (Å²) >= 11 is -3.42. The largest absolute Gasteiger partial charge is 0.147 e. The summed E-state index contributed by atoms with van der Waals surface area (Å²) in [5.74, 6) is 0.574. The summed E-state index contributed by atoms with van der Waals surface area (Å²) in [4.78, 5) is 0. The maximum atomic E-state index is 2.72. The molecule has 2 aromatic rings. The van der Waals surface area contributed by atoms with Crippen molar-refractivity contribution in [2.75, 3.05) is 0 Å². The second kappa shape index (κ2) is 10.6. The van der Waals surface area contributed by atoms with Gasteiger partial charge in [-0.2, -0.15) is 0 Å². The summed E-state index contributed by atoms with van der Waals surface area (Å²) in [6.45, 7) is 26.0. The number of fused-ring (bicyclic) bond motifs is 1. The van der Waals surface area contributed by atoms with Crippen LogP contribution in [0.4, 0.5) is 0 Å². The molecule has 2 atom stereocenters. The number of benzene rings is 2. The summed E-state index contributed by atoms with van der Waals surface area (Å²) in [7, 11) is 0. The Labute approximate surface area is 248 Å². The van der Waals surface area contributed by atoms with E-state index in [9.17, 15) is 0 Å². The first kappa shape index (κ1) is 33.5. The number of allylic oxidation sites excluding steroid dienone is 5. The van der Waals surface area contributed by atoms with Gasteiger partial charge in [-0.3, -0.25) is 0 Å². The fourth-order valence-corrected chi connectivity index (χ4v) is 25.4. The van der Waals surface area contributed by atoms with Gasteiger partial charge in [-0.1, -0.05) is 0 Å². The van der Waals surface area contributed by atoms with Gasteiger partial charge in [0.2, 0.25) is 0 Å². The van der Waals surface area contributed by atoms with Gasteiger partial charge >= 0.3 is 225 Å². The van der Waals surface area contributed by atoms with Crippen LogP contribution in [0.15, 0.2) is 68.5 Å². The average Bonchev–Trinajstić information content (AvgIpc) is 3.25. The molecular weight excluding hydrogens is 599 g/mol. The number of hydrogen-bond acceptors (Lipinski definition) is 0. The molecule has 4 heteroatoms. The van der Waals surface area contributed by atoms with Crippen molar-refractivity contribution in [2.45, 2.75) is 93.0 Å². The normalized spacial score (nSPS) is 20.2. The molecule has 0 spiro atoms. The molecule has 0 bridgehead atoms.